The summed E-state index contributed by atoms with van der Waals surface area (Å²) in [5.41, 5.74) is 5.14. The number of carbonyl (C=O) groups excluding carboxylic acids is 1. The summed E-state index contributed by atoms with van der Waals surface area (Å²) in [5, 5.41) is 30.2. The summed E-state index contributed by atoms with van der Waals surface area (Å²) in [6, 6.07) is 7.15. The van der Waals surface area contributed by atoms with E-state index in [1.54, 1.807) is 12.1 Å². The molecule has 2 heterocycles. The number of nitrogens with zero attached hydrogens (tertiary/aromatic N) is 1. The summed E-state index contributed by atoms with van der Waals surface area (Å²) >= 11 is 6.88. The molecule has 2 aromatic carbocycles. The number of nitrogens with one attached hydrogen (secondary N) is 1. The summed E-state index contributed by atoms with van der Waals surface area (Å²) in [6.07, 6.45) is 2.95. The molecule has 9 heteroatoms. The lowest BCUT2D eigenvalue weighted by molar-refractivity contribution is 0.0545. The number of aliphatic hydroxyl groups is 2. The Labute approximate surface area is 236 Å². The zero-order chi connectivity index (χ0) is 27.7. The van der Waals surface area contributed by atoms with Crippen molar-refractivity contribution in [3.8, 4) is 0 Å². The van der Waals surface area contributed by atoms with Crippen LogP contribution in [0.3, 0.4) is 0 Å². The predicted octanol–water partition coefficient (Wildman–Crippen LogP) is 5.16. The Morgan fingerprint density at radius 3 is 1.49 bits per heavy atom. The monoisotopic (exact) mass is 640 g/mol. The number of aryl methyl sites for hydroxylation is 4. The van der Waals surface area contributed by atoms with E-state index in [1.165, 1.54) is 0 Å². The molecule has 4 rings (SSSR count). The van der Waals surface area contributed by atoms with Crippen molar-refractivity contribution in [2.45, 2.75) is 65.6 Å². The minimum Gasteiger partial charge on any atom is -0.478 e. The molecule has 0 saturated carbocycles. The SMILES string of the molecule is Cc1cc(C(=O)N2CCC(O)CC2)cc(C)c1Br.Cc1cc(C(=O)O)cc(C)c1Br.OC1CCNCC1. The van der Waals surface area contributed by atoms with E-state index in [-0.39, 0.29) is 18.1 Å². The summed E-state index contributed by atoms with van der Waals surface area (Å²) in [7, 11) is 0. The van der Waals surface area contributed by atoms with Gasteiger partial charge in [-0.2, -0.15) is 0 Å². The molecule has 0 bridgehead atoms. The lowest BCUT2D eigenvalue weighted by atomic mass is 10.0. The van der Waals surface area contributed by atoms with Gasteiger partial charge in [0.15, 0.2) is 0 Å². The number of halogens is 2. The van der Waals surface area contributed by atoms with Gasteiger partial charge >= 0.3 is 5.97 Å². The Morgan fingerprint density at radius 2 is 1.14 bits per heavy atom. The number of aliphatic hydroxyl groups excluding tert-OH is 2. The van der Waals surface area contributed by atoms with Gasteiger partial charge in [0.1, 0.15) is 0 Å². The van der Waals surface area contributed by atoms with Gasteiger partial charge in [-0.05, 0) is 113 Å². The first kappa shape index (κ1) is 31.4. The van der Waals surface area contributed by atoms with Gasteiger partial charge in [0.2, 0.25) is 0 Å². The fourth-order valence-corrected chi connectivity index (χ4v) is 4.65. The van der Waals surface area contributed by atoms with Crippen LogP contribution < -0.4 is 5.32 Å². The van der Waals surface area contributed by atoms with Gasteiger partial charge in [0, 0.05) is 27.6 Å². The Bertz CT molecular complexity index is 1030. The predicted molar refractivity (Wildman–Crippen MR) is 153 cm³/mol. The molecular weight excluding hydrogens is 604 g/mol. The summed E-state index contributed by atoms with van der Waals surface area (Å²) in [4.78, 5) is 24.8. The number of aromatic carboxylic acids is 1. The van der Waals surface area contributed by atoms with Crippen LogP contribution in [0.25, 0.3) is 0 Å². The minimum atomic E-state index is -0.881. The molecule has 4 N–H and O–H groups in total. The van der Waals surface area contributed by atoms with E-state index in [1.807, 2.05) is 44.7 Å². The molecule has 0 atom stereocenters. The van der Waals surface area contributed by atoms with Gasteiger partial charge < -0.3 is 25.5 Å². The number of benzene rings is 2. The van der Waals surface area contributed by atoms with E-state index < -0.39 is 5.97 Å². The third kappa shape index (κ3) is 9.80. The first-order valence-corrected chi connectivity index (χ1v) is 14.1. The molecule has 0 spiro atoms. The molecule has 37 heavy (non-hydrogen) atoms. The van der Waals surface area contributed by atoms with Gasteiger partial charge in [-0.1, -0.05) is 31.9 Å². The molecule has 204 valence electrons. The van der Waals surface area contributed by atoms with Crippen LogP contribution in [0.5, 0.6) is 0 Å². The van der Waals surface area contributed by atoms with Crippen molar-refractivity contribution in [2.24, 2.45) is 0 Å². The molecule has 0 unspecified atom stereocenters. The van der Waals surface area contributed by atoms with Crippen LogP contribution in [0.4, 0.5) is 0 Å². The zero-order valence-corrected chi connectivity index (χ0v) is 25.2. The molecule has 1 amide bonds. The van der Waals surface area contributed by atoms with Crippen molar-refractivity contribution in [2.75, 3.05) is 26.2 Å². The summed E-state index contributed by atoms with van der Waals surface area (Å²) < 4.78 is 2.04. The Hall–Kier alpha value is -1.78. The van der Waals surface area contributed by atoms with Gasteiger partial charge in [-0.25, -0.2) is 4.79 Å². The van der Waals surface area contributed by atoms with Crippen LogP contribution >= 0.6 is 31.9 Å². The number of amides is 1. The molecular formula is C28H38Br2N2O5. The van der Waals surface area contributed by atoms with Gasteiger partial charge in [0.05, 0.1) is 17.8 Å². The fourth-order valence-electron chi connectivity index (χ4n) is 4.20. The number of likely N-dealkylation sites (tertiary alicyclic amines) is 1. The van der Waals surface area contributed by atoms with E-state index in [0.29, 0.717) is 31.5 Å². The Morgan fingerprint density at radius 1 is 0.757 bits per heavy atom. The maximum Gasteiger partial charge on any atom is 0.335 e. The number of carbonyl (C=O) groups is 2. The van der Waals surface area contributed by atoms with Gasteiger partial charge in [0.25, 0.3) is 5.91 Å². The largest absolute Gasteiger partial charge is 0.478 e. The molecule has 0 radical (unpaired) electrons. The second kappa shape index (κ2) is 15.0. The first-order valence-electron chi connectivity index (χ1n) is 12.5. The van der Waals surface area contributed by atoms with E-state index in [9.17, 15) is 14.7 Å². The number of hydrogen-bond donors (Lipinski definition) is 4. The maximum atomic E-state index is 12.4. The van der Waals surface area contributed by atoms with Crippen molar-refractivity contribution in [3.05, 3.63) is 66.6 Å². The van der Waals surface area contributed by atoms with Gasteiger partial charge in [-0.3, -0.25) is 4.79 Å². The number of hydrogen-bond acceptors (Lipinski definition) is 5. The normalized spacial score (nSPS) is 16.3. The molecule has 2 aliphatic heterocycles. The number of rotatable bonds is 2. The highest BCUT2D eigenvalue weighted by atomic mass is 79.9. The topological polar surface area (TPSA) is 110 Å². The van der Waals surface area contributed by atoms with Crippen LogP contribution in [0.15, 0.2) is 33.2 Å². The van der Waals surface area contributed by atoms with Crippen LogP contribution in [-0.2, 0) is 0 Å². The summed E-state index contributed by atoms with van der Waals surface area (Å²) in [6.45, 7) is 11.0. The molecule has 2 aromatic rings. The fraction of sp³-hybridized carbons (Fsp3) is 0.500. The minimum absolute atomic E-state index is 0.0266. The molecule has 0 aromatic heterocycles. The third-order valence-corrected chi connectivity index (χ3v) is 8.93. The third-order valence-electron chi connectivity index (χ3n) is 6.43. The van der Waals surface area contributed by atoms with Crippen molar-refractivity contribution in [1.29, 1.82) is 0 Å². The van der Waals surface area contributed by atoms with Crippen LogP contribution in [0.1, 0.15) is 68.7 Å². The second-order valence-corrected chi connectivity index (χ2v) is 11.2. The number of piperidine rings is 2. The van der Waals surface area contributed by atoms with Crippen molar-refractivity contribution in [1.82, 2.24) is 10.2 Å². The Balaban J connectivity index is 0.000000217. The molecule has 7 nitrogen and oxygen atoms in total. The highest BCUT2D eigenvalue weighted by Crippen LogP contribution is 2.24. The lowest BCUT2D eigenvalue weighted by Crippen LogP contribution is -2.40. The van der Waals surface area contributed by atoms with Crippen molar-refractivity contribution >= 4 is 43.7 Å². The molecule has 0 aliphatic carbocycles. The second-order valence-electron chi connectivity index (χ2n) is 9.66. The smallest absolute Gasteiger partial charge is 0.335 e. The van der Waals surface area contributed by atoms with E-state index in [2.05, 4.69) is 37.2 Å². The van der Waals surface area contributed by atoms with E-state index in [0.717, 1.165) is 62.7 Å². The van der Waals surface area contributed by atoms with Gasteiger partial charge in [-0.15, -0.1) is 0 Å². The zero-order valence-electron chi connectivity index (χ0n) is 22.0. The number of carboxylic acids is 1. The highest BCUT2D eigenvalue weighted by Gasteiger charge is 2.22. The van der Waals surface area contributed by atoms with Crippen molar-refractivity contribution in [3.63, 3.8) is 0 Å². The van der Waals surface area contributed by atoms with E-state index in [4.69, 9.17) is 10.2 Å². The average Bonchev–Trinajstić information content (AvgIpc) is 2.86. The molecule has 2 saturated heterocycles. The molecule has 2 aliphatic rings. The first-order chi connectivity index (χ1) is 17.4. The summed E-state index contributed by atoms with van der Waals surface area (Å²) in [5.74, 6) is -0.811. The average molecular weight is 642 g/mol. The quantitative estimate of drug-likeness (QED) is 0.361. The maximum absolute atomic E-state index is 12.4. The number of carboxylic acid groups (broad SMARTS) is 1. The van der Waals surface area contributed by atoms with Crippen LogP contribution in [0, 0.1) is 27.7 Å². The lowest BCUT2D eigenvalue weighted by Gasteiger charge is -2.29. The highest BCUT2D eigenvalue weighted by molar-refractivity contribution is 9.10. The van der Waals surface area contributed by atoms with Crippen LogP contribution in [-0.4, -0.2) is 70.5 Å². The van der Waals surface area contributed by atoms with Crippen LogP contribution in [0.2, 0.25) is 0 Å². The van der Waals surface area contributed by atoms with Crippen molar-refractivity contribution < 1.29 is 24.9 Å². The molecule has 2 fully saturated rings. The standard InChI is InChI=1S/C14H18BrNO2.C9H9BrO2.C5H11NO/c1-9-7-11(8-10(2)13(9)15)14(18)16-5-3-12(17)4-6-16;1-5-3-7(9(11)12)4-6(2)8(5)10;7-5-1-3-6-4-2-5/h7-8,12,17H,3-6H2,1-2H3;3-4H,1-2H3,(H,11,12);5-7H,1-4H2. The van der Waals surface area contributed by atoms with E-state index >= 15 is 0 Å². The Kier molecular flexibility index (Phi) is 12.7.